The molecule has 0 aliphatic rings. The van der Waals surface area contributed by atoms with Crippen LogP contribution in [0.5, 0.6) is 0 Å². The van der Waals surface area contributed by atoms with Crippen LogP contribution in [0.25, 0.3) is 0 Å². The van der Waals surface area contributed by atoms with Crippen LogP contribution in [0.2, 0.25) is 0 Å². The number of para-hydroxylation sites is 1. The van der Waals surface area contributed by atoms with E-state index in [0.717, 1.165) is 11.3 Å². The highest BCUT2D eigenvalue weighted by Crippen LogP contribution is 2.17. The molecule has 0 heterocycles. The Morgan fingerprint density at radius 3 is 2.33 bits per heavy atom. The molecular weight excluding hydrogens is 324 g/mol. The second-order valence-corrected chi connectivity index (χ2v) is 7.30. The lowest BCUT2D eigenvalue weighted by molar-refractivity contribution is -0.117. The largest absolute Gasteiger partial charge is 0.312 e. The van der Waals surface area contributed by atoms with Gasteiger partial charge in [-0.2, -0.15) is 0 Å². The maximum absolute atomic E-state index is 12.4. The fraction of sp³-hybridized carbons (Fsp3) is 0.278. The van der Waals surface area contributed by atoms with Crippen molar-refractivity contribution in [2.75, 3.05) is 18.0 Å². The van der Waals surface area contributed by atoms with E-state index in [1.807, 2.05) is 44.2 Å². The molecule has 2 aromatic carbocycles. The maximum Gasteiger partial charge on any atom is 0.242 e. The summed E-state index contributed by atoms with van der Waals surface area (Å²) in [6.07, 6.45) is 0. The van der Waals surface area contributed by atoms with Gasteiger partial charge >= 0.3 is 0 Å². The van der Waals surface area contributed by atoms with Crippen molar-refractivity contribution in [3.8, 4) is 0 Å². The van der Waals surface area contributed by atoms with Crippen molar-refractivity contribution in [1.82, 2.24) is 4.72 Å². The van der Waals surface area contributed by atoms with Gasteiger partial charge in [-0.25, -0.2) is 13.1 Å². The van der Waals surface area contributed by atoms with Gasteiger partial charge in [0.25, 0.3) is 0 Å². The van der Waals surface area contributed by atoms with Crippen LogP contribution in [-0.4, -0.2) is 27.4 Å². The Morgan fingerprint density at radius 1 is 1.08 bits per heavy atom. The topological polar surface area (TPSA) is 66.5 Å². The average molecular weight is 346 g/mol. The highest BCUT2D eigenvalue weighted by molar-refractivity contribution is 7.89. The Kier molecular flexibility index (Phi) is 5.75. The van der Waals surface area contributed by atoms with E-state index in [4.69, 9.17) is 0 Å². The number of nitrogens with one attached hydrogen (secondary N) is 1. The van der Waals surface area contributed by atoms with Gasteiger partial charge in [-0.1, -0.05) is 35.9 Å². The van der Waals surface area contributed by atoms with E-state index >= 15 is 0 Å². The molecule has 5 nitrogen and oxygen atoms in total. The first-order valence-corrected chi connectivity index (χ1v) is 9.26. The molecular formula is C18H22N2O3S. The number of nitrogens with zero attached hydrogens (tertiary/aromatic N) is 1. The van der Waals surface area contributed by atoms with Crippen LogP contribution in [0.4, 0.5) is 5.69 Å². The Balaban J connectivity index is 2.12. The number of hydrogen-bond acceptors (Lipinski definition) is 3. The van der Waals surface area contributed by atoms with Crippen molar-refractivity contribution >= 4 is 21.6 Å². The number of likely N-dealkylation sites (N-methyl/N-ethyl adjacent to an activating group) is 1. The van der Waals surface area contributed by atoms with E-state index in [2.05, 4.69) is 4.72 Å². The van der Waals surface area contributed by atoms with E-state index in [-0.39, 0.29) is 17.3 Å². The van der Waals surface area contributed by atoms with Crippen LogP contribution in [-0.2, 0) is 14.8 Å². The minimum Gasteiger partial charge on any atom is -0.312 e. The van der Waals surface area contributed by atoms with Crippen LogP contribution in [0.3, 0.4) is 0 Å². The van der Waals surface area contributed by atoms with Crippen LogP contribution in [0.15, 0.2) is 53.4 Å². The fourth-order valence-electron chi connectivity index (χ4n) is 2.54. The van der Waals surface area contributed by atoms with E-state index in [9.17, 15) is 13.2 Å². The molecule has 0 aliphatic heterocycles. The number of benzene rings is 2. The molecule has 0 radical (unpaired) electrons. The zero-order valence-electron chi connectivity index (χ0n) is 14.1. The Hall–Kier alpha value is -2.18. The molecule has 0 fully saturated rings. The molecule has 0 saturated heterocycles. The van der Waals surface area contributed by atoms with Gasteiger partial charge in [0.15, 0.2) is 0 Å². The summed E-state index contributed by atoms with van der Waals surface area (Å²) in [5.41, 5.74) is 2.39. The summed E-state index contributed by atoms with van der Waals surface area (Å²) >= 11 is 0. The van der Waals surface area contributed by atoms with Crippen molar-refractivity contribution < 1.29 is 13.2 Å². The Bertz CT molecular complexity index is 817. The summed E-state index contributed by atoms with van der Waals surface area (Å²) in [7, 11) is -3.72. The maximum atomic E-state index is 12.4. The number of sulfonamides is 1. The van der Waals surface area contributed by atoms with Crippen molar-refractivity contribution in [3.63, 3.8) is 0 Å². The number of rotatable bonds is 6. The third kappa shape index (κ3) is 4.21. The molecule has 0 aliphatic carbocycles. The highest BCUT2D eigenvalue weighted by atomic mass is 32.2. The zero-order chi connectivity index (χ0) is 17.7. The molecule has 6 heteroatoms. The molecule has 0 aromatic heterocycles. The van der Waals surface area contributed by atoms with Crippen LogP contribution in [0, 0.1) is 13.8 Å². The number of hydrogen-bond donors (Lipinski definition) is 1. The number of carbonyl (C=O) groups is 1. The van der Waals surface area contributed by atoms with E-state index in [1.165, 1.54) is 0 Å². The second kappa shape index (κ2) is 7.59. The number of carbonyl (C=O) groups excluding carboxylic acids is 1. The fourth-order valence-corrected chi connectivity index (χ4v) is 3.74. The van der Waals surface area contributed by atoms with Crippen LogP contribution in [0.1, 0.15) is 18.1 Å². The third-order valence-electron chi connectivity index (χ3n) is 3.72. The average Bonchev–Trinajstić information content (AvgIpc) is 2.54. The first-order valence-electron chi connectivity index (χ1n) is 7.77. The smallest absolute Gasteiger partial charge is 0.242 e. The molecule has 1 N–H and O–H groups in total. The Labute approximate surface area is 143 Å². The number of aryl methyl sites for hydroxylation is 2. The van der Waals surface area contributed by atoms with Crippen molar-refractivity contribution in [3.05, 3.63) is 59.7 Å². The lowest BCUT2D eigenvalue weighted by atomic mass is 10.2. The van der Waals surface area contributed by atoms with Crippen LogP contribution >= 0.6 is 0 Å². The Morgan fingerprint density at radius 2 is 1.75 bits per heavy atom. The predicted molar refractivity (Wildman–Crippen MR) is 95.6 cm³/mol. The summed E-state index contributed by atoms with van der Waals surface area (Å²) in [5.74, 6) is -0.294. The summed E-state index contributed by atoms with van der Waals surface area (Å²) in [6.45, 7) is 5.68. The SMILES string of the molecule is CCN(C(=O)CNS(=O)(=O)c1ccc(C)cc1C)c1ccccc1. The van der Waals surface area contributed by atoms with Gasteiger partial charge in [0, 0.05) is 12.2 Å². The number of anilines is 1. The van der Waals surface area contributed by atoms with Crippen LogP contribution < -0.4 is 9.62 Å². The van der Waals surface area contributed by atoms with Gasteiger partial charge in [0.05, 0.1) is 11.4 Å². The molecule has 2 aromatic rings. The van der Waals surface area contributed by atoms with Crippen molar-refractivity contribution in [1.29, 1.82) is 0 Å². The van der Waals surface area contributed by atoms with Gasteiger partial charge in [0.1, 0.15) is 0 Å². The highest BCUT2D eigenvalue weighted by Gasteiger charge is 2.20. The third-order valence-corrected chi connectivity index (χ3v) is 5.28. The molecule has 1 amide bonds. The van der Waals surface area contributed by atoms with E-state index in [1.54, 1.807) is 30.0 Å². The standard InChI is InChI=1S/C18H22N2O3S/c1-4-20(16-8-6-5-7-9-16)18(21)13-19-24(22,23)17-11-10-14(2)12-15(17)3/h5-12,19H,4,13H2,1-3H3. The first-order chi connectivity index (χ1) is 11.3. The minimum absolute atomic E-state index is 0.198. The molecule has 0 saturated carbocycles. The molecule has 0 bridgehead atoms. The molecule has 0 unspecified atom stereocenters. The summed E-state index contributed by atoms with van der Waals surface area (Å²) in [5, 5.41) is 0. The summed E-state index contributed by atoms with van der Waals surface area (Å²) in [6, 6.07) is 14.3. The molecule has 0 spiro atoms. The minimum atomic E-state index is -3.72. The quantitative estimate of drug-likeness (QED) is 0.874. The van der Waals surface area contributed by atoms with E-state index < -0.39 is 10.0 Å². The monoisotopic (exact) mass is 346 g/mol. The first kappa shape index (κ1) is 18.2. The summed E-state index contributed by atoms with van der Waals surface area (Å²) in [4.78, 5) is 14.1. The van der Waals surface area contributed by atoms with Gasteiger partial charge in [-0.05, 0) is 44.5 Å². The molecule has 2 rings (SSSR count). The zero-order valence-corrected chi connectivity index (χ0v) is 14.9. The lowest BCUT2D eigenvalue weighted by Gasteiger charge is -2.21. The second-order valence-electron chi connectivity index (χ2n) is 5.57. The van der Waals surface area contributed by atoms with Gasteiger partial charge in [0.2, 0.25) is 15.9 Å². The molecule has 24 heavy (non-hydrogen) atoms. The molecule has 128 valence electrons. The predicted octanol–water partition coefficient (Wildman–Crippen LogP) is 2.63. The van der Waals surface area contributed by atoms with Crippen molar-refractivity contribution in [2.45, 2.75) is 25.7 Å². The van der Waals surface area contributed by atoms with E-state index in [0.29, 0.717) is 12.1 Å². The summed E-state index contributed by atoms with van der Waals surface area (Å²) < 4.78 is 27.3. The number of amides is 1. The van der Waals surface area contributed by atoms with Gasteiger partial charge < -0.3 is 4.90 Å². The lowest BCUT2D eigenvalue weighted by Crippen LogP contribution is -2.40. The van der Waals surface area contributed by atoms with Gasteiger partial charge in [-0.3, -0.25) is 4.79 Å². The van der Waals surface area contributed by atoms with Crippen molar-refractivity contribution in [2.24, 2.45) is 0 Å². The van der Waals surface area contributed by atoms with Gasteiger partial charge in [-0.15, -0.1) is 0 Å². The normalized spacial score (nSPS) is 11.3. The molecule has 0 atom stereocenters.